The molecule has 2 atom stereocenters. The van der Waals surface area contributed by atoms with E-state index in [0.29, 0.717) is 24.0 Å². The molecule has 0 heterocycles. The van der Waals surface area contributed by atoms with Crippen molar-refractivity contribution in [1.82, 2.24) is 0 Å². The van der Waals surface area contributed by atoms with Crippen molar-refractivity contribution in [3.05, 3.63) is 107 Å². The molecule has 0 saturated carbocycles. The minimum atomic E-state index is -0.927. The third-order valence-corrected chi connectivity index (χ3v) is 5.90. The van der Waals surface area contributed by atoms with Crippen LogP contribution >= 0.6 is 0 Å². The standard InChI is InChI=1S/C21H24O4.C10H14/c1-3-15(18-12-8-9-13-19(18)20(22)23)14-17(4-2)25-21(24)16-10-6-5-7-11-16;1-9(2)8-10-6-4-3-5-7-10/h5-13,15,17H,3-4,14H2,1-2H3,(H,22,23);3-7,9H,8H2,1-2H3. The predicted octanol–water partition coefficient (Wildman–Crippen LogP) is 7.79. The summed E-state index contributed by atoms with van der Waals surface area (Å²) in [4.78, 5) is 23.8. The molecule has 3 aromatic carbocycles. The quantitative estimate of drug-likeness (QED) is 0.305. The zero-order valence-corrected chi connectivity index (χ0v) is 21.3. The van der Waals surface area contributed by atoms with Crippen LogP contribution < -0.4 is 0 Å². The van der Waals surface area contributed by atoms with Crippen LogP contribution in [0.25, 0.3) is 0 Å². The second-order valence-corrected chi connectivity index (χ2v) is 9.12. The number of hydrogen-bond acceptors (Lipinski definition) is 3. The first-order valence-electron chi connectivity index (χ1n) is 12.5. The van der Waals surface area contributed by atoms with Gasteiger partial charge in [0.15, 0.2) is 0 Å². The second kappa shape index (κ2) is 14.8. The van der Waals surface area contributed by atoms with Crippen molar-refractivity contribution in [1.29, 1.82) is 0 Å². The molecule has 0 amide bonds. The molecule has 0 spiro atoms. The van der Waals surface area contributed by atoms with Gasteiger partial charge in [-0.2, -0.15) is 0 Å². The van der Waals surface area contributed by atoms with E-state index in [1.807, 2.05) is 32.0 Å². The summed E-state index contributed by atoms with van der Waals surface area (Å²) in [5.41, 5.74) is 3.09. The van der Waals surface area contributed by atoms with Crippen molar-refractivity contribution in [2.45, 2.75) is 65.4 Å². The molecule has 0 bridgehead atoms. The molecule has 186 valence electrons. The summed E-state index contributed by atoms with van der Waals surface area (Å²) in [7, 11) is 0. The molecule has 4 heteroatoms. The Morgan fingerprint density at radius 1 is 0.800 bits per heavy atom. The van der Waals surface area contributed by atoms with Crippen LogP contribution in [0.1, 0.15) is 84.7 Å². The summed E-state index contributed by atoms with van der Waals surface area (Å²) in [6, 6.07) is 26.6. The smallest absolute Gasteiger partial charge is 0.338 e. The van der Waals surface area contributed by atoms with Crippen molar-refractivity contribution in [3.63, 3.8) is 0 Å². The summed E-state index contributed by atoms with van der Waals surface area (Å²) >= 11 is 0. The zero-order valence-electron chi connectivity index (χ0n) is 21.3. The Bertz CT molecular complexity index is 1030. The van der Waals surface area contributed by atoms with Gasteiger partial charge in [0.1, 0.15) is 6.10 Å². The molecule has 2 unspecified atom stereocenters. The topological polar surface area (TPSA) is 63.6 Å². The highest BCUT2D eigenvalue weighted by atomic mass is 16.5. The number of carboxylic acid groups (broad SMARTS) is 1. The van der Waals surface area contributed by atoms with Crippen LogP contribution in [-0.2, 0) is 11.2 Å². The van der Waals surface area contributed by atoms with Crippen molar-refractivity contribution < 1.29 is 19.4 Å². The molecule has 4 nitrogen and oxygen atoms in total. The fraction of sp³-hybridized carbons (Fsp3) is 0.355. The number of esters is 1. The molecule has 0 aliphatic heterocycles. The van der Waals surface area contributed by atoms with Crippen molar-refractivity contribution >= 4 is 11.9 Å². The Morgan fingerprint density at radius 3 is 1.91 bits per heavy atom. The fourth-order valence-electron chi connectivity index (χ4n) is 4.06. The Kier molecular flexibility index (Phi) is 11.8. The average molecular weight is 475 g/mol. The Balaban J connectivity index is 0.000000360. The van der Waals surface area contributed by atoms with E-state index >= 15 is 0 Å². The normalized spacial score (nSPS) is 12.3. The molecule has 1 N–H and O–H groups in total. The van der Waals surface area contributed by atoms with Gasteiger partial charge in [-0.3, -0.25) is 0 Å². The van der Waals surface area contributed by atoms with E-state index in [2.05, 4.69) is 44.2 Å². The number of carboxylic acids is 1. The highest BCUT2D eigenvalue weighted by Gasteiger charge is 2.23. The van der Waals surface area contributed by atoms with Crippen molar-refractivity contribution in [2.24, 2.45) is 5.92 Å². The van der Waals surface area contributed by atoms with E-state index in [9.17, 15) is 14.7 Å². The highest BCUT2D eigenvalue weighted by molar-refractivity contribution is 5.90. The number of rotatable bonds is 10. The van der Waals surface area contributed by atoms with Gasteiger partial charge >= 0.3 is 11.9 Å². The van der Waals surface area contributed by atoms with E-state index in [1.54, 1.807) is 36.4 Å². The molecular weight excluding hydrogens is 436 g/mol. The fourth-order valence-corrected chi connectivity index (χ4v) is 4.06. The van der Waals surface area contributed by atoms with E-state index in [-0.39, 0.29) is 18.0 Å². The minimum absolute atomic E-state index is 0.0285. The number of ether oxygens (including phenoxy) is 1. The monoisotopic (exact) mass is 474 g/mol. The third kappa shape index (κ3) is 9.40. The lowest BCUT2D eigenvalue weighted by Crippen LogP contribution is -2.21. The second-order valence-electron chi connectivity index (χ2n) is 9.12. The summed E-state index contributed by atoms with van der Waals surface area (Å²) in [5.74, 6) is -0.472. The lowest BCUT2D eigenvalue weighted by atomic mass is 9.87. The summed E-state index contributed by atoms with van der Waals surface area (Å²) in [6.07, 6.45) is 3.02. The largest absolute Gasteiger partial charge is 0.478 e. The first-order valence-corrected chi connectivity index (χ1v) is 12.5. The molecule has 3 rings (SSSR count). The van der Waals surface area contributed by atoms with Gasteiger partial charge in [0.25, 0.3) is 0 Å². The minimum Gasteiger partial charge on any atom is -0.478 e. The average Bonchev–Trinajstić information content (AvgIpc) is 2.87. The molecule has 35 heavy (non-hydrogen) atoms. The Labute approximate surface area is 210 Å². The van der Waals surface area contributed by atoms with Gasteiger partial charge in [-0.25, -0.2) is 9.59 Å². The van der Waals surface area contributed by atoms with E-state index in [4.69, 9.17) is 4.74 Å². The molecule has 0 aliphatic rings. The summed E-state index contributed by atoms with van der Waals surface area (Å²) in [5, 5.41) is 9.41. The van der Waals surface area contributed by atoms with Gasteiger partial charge in [0.2, 0.25) is 0 Å². The molecule has 0 aliphatic carbocycles. The van der Waals surface area contributed by atoms with E-state index in [1.165, 1.54) is 12.0 Å². The van der Waals surface area contributed by atoms with Crippen LogP contribution in [0, 0.1) is 5.92 Å². The highest BCUT2D eigenvalue weighted by Crippen LogP contribution is 2.30. The number of carbonyl (C=O) groups excluding carboxylic acids is 1. The Morgan fingerprint density at radius 2 is 1.37 bits per heavy atom. The lowest BCUT2D eigenvalue weighted by molar-refractivity contribution is 0.0253. The lowest BCUT2D eigenvalue weighted by Gasteiger charge is -2.23. The van der Waals surface area contributed by atoms with Gasteiger partial charge in [0, 0.05) is 0 Å². The summed E-state index contributed by atoms with van der Waals surface area (Å²) in [6.45, 7) is 8.48. The van der Waals surface area contributed by atoms with Crippen LogP contribution in [0.5, 0.6) is 0 Å². The maximum Gasteiger partial charge on any atom is 0.338 e. The van der Waals surface area contributed by atoms with Gasteiger partial charge < -0.3 is 9.84 Å². The first-order chi connectivity index (χ1) is 16.8. The molecule has 0 saturated heterocycles. The molecular formula is C31H38O4. The molecule has 3 aromatic rings. The van der Waals surface area contributed by atoms with E-state index < -0.39 is 5.97 Å². The number of carbonyl (C=O) groups is 2. The SMILES string of the molecule is CC(C)Cc1ccccc1.CCC(CC(CC)c1ccccc1C(=O)O)OC(=O)c1ccccc1. The molecule has 0 fully saturated rings. The Hall–Kier alpha value is -3.40. The van der Waals surface area contributed by atoms with Crippen LogP contribution in [0.15, 0.2) is 84.9 Å². The third-order valence-electron chi connectivity index (χ3n) is 5.90. The number of benzene rings is 3. The van der Waals surface area contributed by atoms with Crippen LogP contribution in [0.4, 0.5) is 0 Å². The zero-order chi connectivity index (χ0) is 25.6. The van der Waals surface area contributed by atoms with Gasteiger partial charge in [-0.1, -0.05) is 94.4 Å². The van der Waals surface area contributed by atoms with Gasteiger partial charge in [0.05, 0.1) is 11.1 Å². The molecule has 0 aromatic heterocycles. The molecule has 0 radical (unpaired) electrons. The van der Waals surface area contributed by atoms with Crippen LogP contribution in [0.2, 0.25) is 0 Å². The van der Waals surface area contributed by atoms with Gasteiger partial charge in [-0.05, 0) is 66.8 Å². The maximum absolute atomic E-state index is 12.3. The van der Waals surface area contributed by atoms with Crippen molar-refractivity contribution in [2.75, 3.05) is 0 Å². The first kappa shape index (κ1) is 27.8. The summed E-state index contributed by atoms with van der Waals surface area (Å²) < 4.78 is 5.65. The van der Waals surface area contributed by atoms with E-state index in [0.717, 1.165) is 17.9 Å². The number of aromatic carboxylic acids is 1. The van der Waals surface area contributed by atoms with Crippen LogP contribution in [0.3, 0.4) is 0 Å². The van der Waals surface area contributed by atoms with Crippen LogP contribution in [-0.4, -0.2) is 23.1 Å². The van der Waals surface area contributed by atoms with Crippen molar-refractivity contribution in [3.8, 4) is 0 Å². The maximum atomic E-state index is 12.3. The number of hydrogen-bond donors (Lipinski definition) is 1. The predicted molar refractivity (Wildman–Crippen MR) is 142 cm³/mol. The van der Waals surface area contributed by atoms with Gasteiger partial charge in [-0.15, -0.1) is 0 Å².